The first-order chi connectivity index (χ1) is 14.3. The van der Waals surface area contributed by atoms with Crippen LogP contribution in [0.5, 0.6) is 0 Å². The Morgan fingerprint density at radius 2 is 1.87 bits per heavy atom. The highest BCUT2D eigenvalue weighted by atomic mass is 19.4. The lowest BCUT2D eigenvalue weighted by atomic mass is 10.1. The fourth-order valence-corrected chi connectivity index (χ4v) is 3.41. The Hall–Kier alpha value is -2.80. The standard InChI is InChI=1S/C18H18F3N5O4/c19-18(20,21)10-4-2-1-3-9(10)5-22-15-12-16(24-7-23-15)26(8-25-12)17-14(29)13(28)11(6-27)30-17/h1-4,7-8,11,13-14,17,27-29H,5-6H2,(H,22,23,24)/t11-,13-,14-,17-/m1/s1. The van der Waals surface area contributed by atoms with E-state index in [0.717, 1.165) is 6.07 Å². The largest absolute Gasteiger partial charge is 0.416 e. The summed E-state index contributed by atoms with van der Waals surface area (Å²) in [4.78, 5) is 12.3. The van der Waals surface area contributed by atoms with E-state index in [-0.39, 0.29) is 29.1 Å². The van der Waals surface area contributed by atoms with Crippen LogP contribution in [0.1, 0.15) is 17.4 Å². The first kappa shape index (κ1) is 20.5. The minimum atomic E-state index is -4.49. The summed E-state index contributed by atoms with van der Waals surface area (Å²) < 4.78 is 46.4. The van der Waals surface area contributed by atoms with Gasteiger partial charge in [0.05, 0.1) is 18.5 Å². The molecule has 3 heterocycles. The molecule has 0 bridgehead atoms. The van der Waals surface area contributed by atoms with Crippen LogP contribution in [0, 0.1) is 0 Å². The molecular formula is C18H18F3N5O4. The van der Waals surface area contributed by atoms with E-state index in [2.05, 4.69) is 20.3 Å². The number of aromatic nitrogens is 4. The number of alkyl halides is 3. The van der Waals surface area contributed by atoms with Gasteiger partial charge in [0.1, 0.15) is 24.6 Å². The number of hydrogen-bond donors (Lipinski definition) is 4. The van der Waals surface area contributed by atoms with Crippen molar-refractivity contribution in [2.45, 2.75) is 37.3 Å². The Kier molecular flexibility index (Phi) is 5.32. The van der Waals surface area contributed by atoms with Gasteiger partial charge < -0.3 is 25.4 Å². The van der Waals surface area contributed by atoms with Crippen molar-refractivity contribution in [2.75, 3.05) is 11.9 Å². The summed E-state index contributed by atoms with van der Waals surface area (Å²) in [5.41, 5.74) is -0.217. The smallest absolute Gasteiger partial charge is 0.394 e. The van der Waals surface area contributed by atoms with E-state index in [1.54, 1.807) is 0 Å². The summed E-state index contributed by atoms with van der Waals surface area (Å²) in [5.74, 6) is 0.197. The number of fused-ring (bicyclic) bond motifs is 1. The van der Waals surface area contributed by atoms with Gasteiger partial charge in [-0.15, -0.1) is 0 Å². The zero-order valence-electron chi connectivity index (χ0n) is 15.4. The van der Waals surface area contributed by atoms with E-state index >= 15 is 0 Å². The third kappa shape index (κ3) is 3.58. The molecule has 1 aromatic carbocycles. The molecule has 0 unspecified atom stereocenters. The lowest BCUT2D eigenvalue weighted by Crippen LogP contribution is -2.33. The van der Waals surface area contributed by atoms with Crippen LogP contribution in [0.4, 0.5) is 19.0 Å². The van der Waals surface area contributed by atoms with E-state index in [4.69, 9.17) is 4.74 Å². The van der Waals surface area contributed by atoms with E-state index in [1.165, 1.54) is 35.4 Å². The van der Waals surface area contributed by atoms with Crippen molar-refractivity contribution >= 4 is 17.0 Å². The van der Waals surface area contributed by atoms with Gasteiger partial charge in [-0.25, -0.2) is 15.0 Å². The summed E-state index contributed by atoms with van der Waals surface area (Å²) in [6.07, 6.45) is -6.62. The third-order valence-corrected chi connectivity index (χ3v) is 4.92. The topological polar surface area (TPSA) is 126 Å². The predicted molar refractivity (Wildman–Crippen MR) is 97.1 cm³/mol. The first-order valence-corrected chi connectivity index (χ1v) is 9.00. The van der Waals surface area contributed by atoms with E-state index in [0.29, 0.717) is 0 Å². The molecule has 12 heteroatoms. The quantitative estimate of drug-likeness (QED) is 0.478. The monoisotopic (exact) mass is 425 g/mol. The average Bonchev–Trinajstić information content (AvgIpc) is 3.27. The van der Waals surface area contributed by atoms with Crippen molar-refractivity contribution in [3.05, 3.63) is 48.0 Å². The van der Waals surface area contributed by atoms with Gasteiger partial charge in [0.2, 0.25) is 0 Å². The van der Waals surface area contributed by atoms with Crippen LogP contribution in [0.25, 0.3) is 11.2 Å². The number of aliphatic hydroxyl groups is 3. The second-order valence-corrected chi connectivity index (χ2v) is 6.78. The number of imidazole rings is 1. The number of hydrogen-bond acceptors (Lipinski definition) is 8. The minimum Gasteiger partial charge on any atom is -0.394 e. The Bertz CT molecular complexity index is 1040. The first-order valence-electron chi connectivity index (χ1n) is 9.00. The van der Waals surface area contributed by atoms with Gasteiger partial charge in [0.15, 0.2) is 23.2 Å². The Morgan fingerprint density at radius 1 is 1.10 bits per heavy atom. The van der Waals surface area contributed by atoms with Crippen LogP contribution in [-0.2, 0) is 17.5 Å². The van der Waals surface area contributed by atoms with E-state index in [1.807, 2.05) is 0 Å². The summed E-state index contributed by atoms with van der Waals surface area (Å²) in [7, 11) is 0. The third-order valence-electron chi connectivity index (χ3n) is 4.92. The van der Waals surface area contributed by atoms with Crippen molar-refractivity contribution in [1.82, 2.24) is 19.5 Å². The summed E-state index contributed by atoms with van der Waals surface area (Å²) in [5, 5.41) is 32.3. The fourth-order valence-electron chi connectivity index (χ4n) is 3.41. The van der Waals surface area contributed by atoms with Crippen molar-refractivity contribution in [3.63, 3.8) is 0 Å². The van der Waals surface area contributed by atoms with Crippen LogP contribution >= 0.6 is 0 Å². The number of aliphatic hydroxyl groups excluding tert-OH is 3. The molecule has 2 aromatic heterocycles. The molecule has 0 spiro atoms. The van der Waals surface area contributed by atoms with Gasteiger partial charge in [-0.2, -0.15) is 13.2 Å². The number of halogens is 3. The van der Waals surface area contributed by atoms with Gasteiger partial charge >= 0.3 is 6.18 Å². The number of ether oxygens (including phenoxy) is 1. The maximum absolute atomic E-state index is 13.2. The van der Waals surface area contributed by atoms with Gasteiger partial charge in [-0.1, -0.05) is 18.2 Å². The van der Waals surface area contributed by atoms with E-state index < -0.39 is 42.9 Å². The zero-order chi connectivity index (χ0) is 21.5. The molecule has 0 saturated carbocycles. The molecule has 1 fully saturated rings. The molecule has 4 atom stereocenters. The second-order valence-electron chi connectivity index (χ2n) is 6.78. The fraction of sp³-hybridized carbons (Fsp3) is 0.389. The normalized spacial score (nSPS) is 24.5. The number of anilines is 1. The highest BCUT2D eigenvalue weighted by Gasteiger charge is 2.44. The molecule has 1 aliphatic heterocycles. The molecule has 1 saturated heterocycles. The molecule has 0 amide bonds. The number of rotatable bonds is 5. The lowest BCUT2D eigenvalue weighted by molar-refractivity contribution is -0.138. The van der Waals surface area contributed by atoms with Crippen LogP contribution in [-0.4, -0.2) is 59.8 Å². The molecule has 4 N–H and O–H groups in total. The Morgan fingerprint density at radius 3 is 2.57 bits per heavy atom. The summed E-state index contributed by atoms with van der Waals surface area (Å²) in [6, 6.07) is 5.20. The molecular weight excluding hydrogens is 407 g/mol. The zero-order valence-corrected chi connectivity index (χ0v) is 15.4. The maximum atomic E-state index is 13.2. The van der Waals surface area contributed by atoms with Crippen molar-refractivity contribution in [2.24, 2.45) is 0 Å². The molecule has 160 valence electrons. The van der Waals surface area contributed by atoms with Crippen molar-refractivity contribution < 1.29 is 33.2 Å². The van der Waals surface area contributed by atoms with Gasteiger partial charge in [-0.3, -0.25) is 4.57 Å². The highest BCUT2D eigenvalue weighted by Crippen LogP contribution is 2.34. The Labute approximate surface area is 167 Å². The molecule has 1 aliphatic rings. The van der Waals surface area contributed by atoms with Crippen molar-refractivity contribution in [1.29, 1.82) is 0 Å². The molecule has 3 aromatic rings. The number of benzene rings is 1. The molecule has 30 heavy (non-hydrogen) atoms. The van der Waals surface area contributed by atoms with Gasteiger partial charge in [0.25, 0.3) is 0 Å². The van der Waals surface area contributed by atoms with Crippen molar-refractivity contribution in [3.8, 4) is 0 Å². The second kappa shape index (κ2) is 7.80. The maximum Gasteiger partial charge on any atom is 0.416 e. The Balaban J connectivity index is 1.61. The van der Waals surface area contributed by atoms with E-state index in [9.17, 15) is 28.5 Å². The lowest BCUT2D eigenvalue weighted by Gasteiger charge is -2.16. The SMILES string of the molecule is OC[C@H]1O[C@@H](n2cnc3c(NCc4ccccc4C(F)(F)F)ncnc32)[C@H](O)[C@@H]1O. The van der Waals surface area contributed by atoms with Gasteiger partial charge in [0, 0.05) is 6.54 Å². The summed E-state index contributed by atoms with van der Waals surface area (Å²) >= 11 is 0. The minimum absolute atomic E-state index is 0.0413. The van der Waals surface area contributed by atoms with Crippen LogP contribution < -0.4 is 5.32 Å². The average molecular weight is 425 g/mol. The predicted octanol–water partition coefficient (Wildman–Crippen LogP) is 1.07. The van der Waals surface area contributed by atoms with Crippen LogP contribution in [0.15, 0.2) is 36.9 Å². The van der Waals surface area contributed by atoms with Crippen LogP contribution in [0.3, 0.4) is 0 Å². The summed E-state index contributed by atoms with van der Waals surface area (Å²) in [6.45, 7) is -0.635. The number of nitrogens with zero attached hydrogens (tertiary/aromatic N) is 4. The highest BCUT2D eigenvalue weighted by molar-refractivity contribution is 5.82. The molecule has 0 radical (unpaired) electrons. The van der Waals surface area contributed by atoms with Gasteiger partial charge in [-0.05, 0) is 11.6 Å². The molecule has 0 aliphatic carbocycles. The molecule has 9 nitrogen and oxygen atoms in total. The molecule has 4 rings (SSSR count). The number of nitrogens with one attached hydrogen (secondary N) is 1. The van der Waals surface area contributed by atoms with Crippen LogP contribution in [0.2, 0.25) is 0 Å².